The van der Waals surface area contributed by atoms with Gasteiger partial charge in [-0.25, -0.2) is 0 Å². The number of rotatable bonds is 8. The van der Waals surface area contributed by atoms with E-state index in [9.17, 15) is 0 Å². The van der Waals surface area contributed by atoms with Crippen LogP contribution in [0.5, 0.6) is 0 Å². The molecule has 0 aliphatic heterocycles. The Morgan fingerprint density at radius 2 is 1.37 bits per heavy atom. The molecule has 1 aromatic rings. The van der Waals surface area contributed by atoms with Crippen LogP contribution in [0.1, 0.15) is 46.1 Å². The number of benzene rings is 1. The van der Waals surface area contributed by atoms with Gasteiger partial charge in [-0.1, -0.05) is 55.8 Å². The lowest BCUT2D eigenvalue weighted by molar-refractivity contribution is 0.535. The van der Waals surface area contributed by atoms with Crippen molar-refractivity contribution in [1.82, 2.24) is 0 Å². The summed E-state index contributed by atoms with van der Waals surface area (Å²) in [6.45, 7) is 11.5. The Balaban J connectivity index is 2.69. The summed E-state index contributed by atoms with van der Waals surface area (Å²) in [5.41, 5.74) is 2.71. The Morgan fingerprint density at radius 1 is 0.895 bits per heavy atom. The monoisotopic (exact) mass is 325 g/mol. The van der Waals surface area contributed by atoms with Gasteiger partial charge in [0.15, 0.2) is 0 Å². The standard InChI is InChI=1S/C17H28BrN/c1-14(2)9-11-19(12-10-15(3)4)17-7-5-16(13-18)6-8-17/h5-8,14-15H,9-13H2,1-4H3. The van der Waals surface area contributed by atoms with Crippen molar-refractivity contribution in [1.29, 1.82) is 0 Å². The second-order valence-corrected chi connectivity index (χ2v) is 6.71. The number of alkyl halides is 1. The van der Waals surface area contributed by atoms with Gasteiger partial charge in [-0.2, -0.15) is 0 Å². The molecular weight excluding hydrogens is 298 g/mol. The van der Waals surface area contributed by atoms with Gasteiger partial charge in [0.05, 0.1) is 0 Å². The smallest absolute Gasteiger partial charge is 0.0366 e. The van der Waals surface area contributed by atoms with E-state index in [1.54, 1.807) is 0 Å². The fraction of sp³-hybridized carbons (Fsp3) is 0.647. The van der Waals surface area contributed by atoms with Crippen molar-refractivity contribution >= 4 is 21.6 Å². The van der Waals surface area contributed by atoms with E-state index in [-0.39, 0.29) is 0 Å². The van der Waals surface area contributed by atoms with Crippen LogP contribution in [-0.2, 0) is 5.33 Å². The second kappa shape index (κ2) is 8.63. The largest absolute Gasteiger partial charge is 0.372 e. The zero-order valence-corrected chi connectivity index (χ0v) is 14.4. The zero-order valence-electron chi connectivity index (χ0n) is 12.8. The maximum atomic E-state index is 3.51. The highest BCUT2D eigenvalue weighted by molar-refractivity contribution is 9.08. The molecule has 108 valence electrons. The lowest BCUT2D eigenvalue weighted by Crippen LogP contribution is -2.27. The van der Waals surface area contributed by atoms with Crippen LogP contribution in [0.2, 0.25) is 0 Å². The Labute approximate surface area is 127 Å². The molecule has 0 amide bonds. The molecule has 1 nitrogen and oxygen atoms in total. The summed E-state index contributed by atoms with van der Waals surface area (Å²) in [5.74, 6) is 1.53. The normalized spacial score (nSPS) is 11.3. The molecule has 0 atom stereocenters. The first-order chi connectivity index (χ1) is 9.02. The molecule has 0 aromatic heterocycles. The van der Waals surface area contributed by atoms with Crippen molar-refractivity contribution in [3.8, 4) is 0 Å². The molecule has 0 aliphatic carbocycles. The Hall–Kier alpha value is -0.500. The lowest BCUT2D eigenvalue weighted by atomic mass is 10.1. The SMILES string of the molecule is CC(C)CCN(CCC(C)C)c1ccc(CBr)cc1. The van der Waals surface area contributed by atoms with Crippen molar-refractivity contribution in [2.75, 3.05) is 18.0 Å². The highest BCUT2D eigenvalue weighted by Crippen LogP contribution is 2.19. The average molecular weight is 326 g/mol. The molecule has 19 heavy (non-hydrogen) atoms. The molecule has 1 aromatic carbocycles. The quantitative estimate of drug-likeness (QED) is 0.572. The molecule has 0 N–H and O–H groups in total. The van der Waals surface area contributed by atoms with Crippen molar-refractivity contribution in [2.45, 2.75) is 45.9 Å². The van der Waals surface area contributed by atoms with E-state index in [1.165, 1.54) is 24.1 Å². The van der Waals surface area contributed by atoms with E-state index in [4.69, 9.17) is 0 Å². The highest BCUT2D eigenvalue weighted by atomic mass is 79.9. The molecule has 0 spiro atoms. The number of hydrogen-bond donors (Lipinski definition) is 0. The predicted molar refractivity (Wildman–Crippen MR) is 90.2 cm³/mol. The first-order valence-electron chi connectivity index (χ1n) is 7.42. The van der Waals surface area contributed by atoms with Gasteiger partial charge >= 0.3 is 0 Å². The minimum Gasteiger partial charge on any atom is -0.372 e. The molecule has 0 saturated heterocycles. The molecule has 0 heterocycles. The Kier molecular flexibility index (Phi) is 7.52. The third kappa shape index (κ3) is 6.47. The van der Waals surface area contributed by atoms with E-state index in [0.717, 1.165) is 30.3 Å². The molecule has 0 radical (unpaired) electrons. The molecule has 0 bridgehead atoms. The van der Waals surface area contributed by atoms with Crippen molar-refractivity contribution in [3.05, 3.63) is 29.8 Å². The maximum Gasteiger partial charge on any atom is 0.0366 e. The lowest BCUT2D eigenvalue weighted by Gasteiger charge is -2.26. The summed E-state index contributed by atoms with van der Waals surface area (Å²) in [6, 6.07) is 8.97. The van der Waals surface area contributed by atoms with Crippen LogP contribution in [0.3, 0.4) is 0 Å². The molecule has 2 heteroatoms. The molecule has 0 fully saturated rings. The van der Waals surface area contributed by atoms with Crippen LogP contribution < -0.4 is 4.90 Å². The summed E-state index contributed by atoms with van der Waals surface area (Å²) >= 11 is 3.51. The van der Waals surface area contributed by atoms with Gasteiger partial charge in [-0.05, 0) is 42.4 Å². The highest BCUT2D eigenvalue weighted by Gasteiger charge is 2.08. The molecule has 0 unspecified atom stereocenters. The Bertz CT molecular complexity index is 331. The van der Waals surface area contributed by atoms with Gasteiger partial charge in [-0.15, -0.1) is 0 Å². The van der Waals surface area contributed by atoms with Crippen LogP contribution in [-0.4, -0.2) is 13.1 Å². The minimum absolute atomic E-state index is 0.767. The third-order valence-corrected chi connectivity index (χ3v) is 4.06. The maximum absolute atomic E-state index is 3.51. The molecule has 0 aliphatic rings. The van der Waals surface area contributed by atoms with Gasteiger partial charge in [0.2, 0.25) is 0 Å². The van der Waals surface area contributed by atoms with E-state index >= 15 is 0 Å². The van der Waals surface area contributed by atoms with E-state index < -0.39 is 0 Å². The number of anilines is 1. The van der Waals surface area contributed by atoms with Gasteiger partial charge < -0.3 is 4.90 Å². The van der Waals surface area contributed by atoms with Crippen LogP contribution in [0, 0.1) is 11.8 Å². The van der Waals surface area contributed by atoms with Gasteiger partial charge in [0, 0.05) is 24.1 Å². The Morgan fingerprint density at radius 3 is 1.74 bits per heavy atom. The van der Waals surface area contributed by atoms with Crippen molar-refractivity contribution in [3.63, 3.8) is 0 Å². The molecular formula is C17H28BrN. The van der Waals surface area contributed by atoms with Crippen molar-refractivity contribution in [2.24, 2.45) is 11.8 Å². The first kappa shape index (κ1) is 16.6. The summed E-state index contributed by atoms with van der Waals surface area (Å²) in [5, 5.41) is 0.936. The topological polar surface area (TPSA) is 3.24 Å². The van der Waals surface area contributed by atoms with E-state index in [0.29, 0.717) is 0 Å². The predicted octanol–water partition coefficient (Wildman–Crippen LogP) is 5.48. The van der Waals surface area contributed by atoms with Gasteiger partial charge in [0.25, 0.3) is 0 Å². The second-order valence-electron chi connectivity index (χ2n) is 6.15. The summed E-state index contributed by atoms with van der Waals surface area (Å²) in [4.78, 5) is 2.54. The summed E-state index contributed by atoms with van der Waals surface area (Å²) in [6.07, 6.45) is 2.52. The fourth-order valence-electron chi connectivity index (χ4n) is 1.99. The number of halogens is 1. The molecule has 1 rings (SSSR count). The van der Waals surface area contributed by atoms with Crippen molar-refractivity contribution < 1.29 is 0 Å². The number of hydrogen-bond acceptors (Lipinski definition) is 1. The van der Waals surface area contributed by atoms with Gasteiger partial charge in [-0.3, -0.25) is 0 Å². The van der Waals surface area contributed by atoms with E-state index in [2.05, 4.69) is 72.8 Å². The minimum atomic E-state index is 0.767. The molecule has 0 saturated carbocycles. The van der Waals surface area contributed by atoms with Crippen LogP contribution in [0.25, 0.3) is 0 Å². The average Bonchev–Trinajstić information content (AvgIpc) is 2.38. The summed E-state index contributed by atoms with van der Waals surface area (Å²) < 4.78 is 0. The zero-order chi connectivity index (χ0) is 14.3. The van der Waals surface area contributed by atoms with Crippen LogP contribution in [0.15, 0.2) is 24.3 Å². The summed E-state index contributed by atoms with van der Waals surface area (Å²) in [7, 11) is 0. The van der Waals surface area contributed by atoms with Crippen LogP contribution in [0.4, 0.5) is 5.69 Å². The third-order valence-electron chi connectivity index (χ3n) is 3.41. The number of nitrogens with zero attached hydrogens (tertiary/aromatic N) is 1. The first-order valence-corrected chi connectivity index (χ1v) is 8.55. The van der Waals surface area contributed by atoms with Crippen LogP contribution >= 0.6 is 15.9 Å². The van der Waals surface area contributed by atoms with Gasteiger partial charge in [0.1, 0.15) is 0 Å². The van der Waals surface area contributed by atoms with E-state index in [1.807, 2.05) is 0 Å². The fourth-order valence-corrected chi connectivity index (χ4v) is 2.37.